The van der Waals surface area contributed by atoms with Gasteiger partial charge in [0.25, 0.3) is 0 Å². The van der Waals surface area contributed by atoms with Crippen molar-refractivity contribution in [2.24, 2.45) is 0 Å². The van der Waals surface area contributed by atoms with Crippen LogP contribution in [0.5, 0.6) is 5.75 Å². The fourth-order valence-electron chi connectivity index (χ4n) is 1.82. The molecule has 0 bridgehead atoms. The predicted octanol–water partition coefficient (Wildman–Crippen LogP) is 3.58. The summed E-state index contributed by atoms with van der Waals surface area (Å²) in [6, 6.07) is 10.1. The Morgan fingerprint density at radius 1 is 1.20 bits per heavy atom. The van der Waals surface area contributed by atoms with Gasteiger partial charge < -0.3 is 10.1 Å². The standard InChI is InChI=1S/C16H21N3O/c1-3-4-8-20-15-7-5-6-14(10-15)11-17-16-9-13(2)18-12-19-16/h5-7,9-10,12H,3-4,8,11H2,1-2H3,(H,17,18,19). The normalized spacial score (nSPS) is 10.3. The molecule has 0 amide bonds. The first kappa shape index (κ1) is 14.3. The maximum Gasteiger partial charge on any atom is 0.129 e. The van der Waals surface area contributed by atoms with Crippen molar-refractivity contribution in [3.63, 3.8) is 0 Å². The Hall–Kier alpha value is -2.10. The Bertz CT molecular complexity index is 543. The van der Waals surface area contributed by atoms with E-state index in [1.54, 1.807) is 6.33 Å². The molecule has 0 fully saturated rings. The van der Waals surface area contributed by atoms with Crippen LogP contribution in [0, 0.1) is 6.92 Å². The first-order valence-corrected chi connectivity index (χ1v) is 7.02. The van der Waals surface area contributed by atoms with Crippen molar-refractivity contribution in [1.29, 1.82) is 0 Å². The zero-order valence-electron chi connectivity index (χ0n) is 12.1. The Kier molecular flexibility index (Phi) is 5.35. The van der Waals surface area contributed by atoms with Crippen LogP contribution in [-0.4, -0.2) is 16.6 Å². The molecule has 20 heavy (non-hydrogen) atoms. The van der Waals surface area contributed by atoms with E-state index in [0.29, 0.717) is 0 Å². The van der Waals surface area contributed by atoms with E-state index in [9.17, 15) is 0 Å². The number of aryl methyl sites for hydroxylation is 1. The Morgan fingerprint density at radius 2 is 2.10 bits per heavy atom. The average Bonchev–Trinajstić information content (AvgIpc) is 2.46. The fraction of sp³-hybridized carbons (Fsp3) is 0.375. The molecule has 0 atom stereocenters. The van der Waals surface area contributed by atoms with Crippen molar-refractivity contribution >= 4 is 5.82 Å². The molecule has 4 nitrogen and oxygen atoms in total. The van der Waals surface area contributed by atoms with E-state index in [-0.39, 0.29) is 0 Å². The number of nitrogens with one attached hydrogen (secondary N) is 1. The lowest BCUT2D eigenvalue weighted by Gasteiger charge is -2.09. The molecule has 1 heterocycles. The molecule has 2 aromatic rings. The highest BCUT2D eigenvalue weighted by molar-refractivity contribution is 5.37. The SMILES string of the molecule is CCCCOc1cccc(CNc2cc(C)ncn2)c1. The van der Waals surface area contributed by atoms with Gasteiger partial charge in [-0.05, 0) is 31.0 Å². The zero-order valence-corrected chi connectivity index (χ0v) is 12.1. The largest absolute Gasteiger partial charge is 0.494 e. The van der Waals surface area contributed by atoms with E-state index in [2.05, 4.69) is 34.3 Å². The Morgan fingerprint density at radius 3 is 2.90 bits per heavy atom. The first-order valence-electron chi connectivity index (χ1n) is 7.02. The number of nitrogens with zero attached hydrogens (tertiary/aromatic N) is 2. The van der Waals surface area contributed by atoms with Crippen LogP contribution in [0.3, 0.4) is 0 Å². The molecular formula is C16H21N3O. The third kappa shape index (κ3) is 4.53. The highest BCUT2D eigenvalue weighted by Crippen LogP contribution is 2.15. The molecule has 1 aromatic carbocycles. The molecule has 1 aromatic heterocycles. The molecule has 2 rings (SSSR count). The lowest BCUT2D eigenvalue weighted by molar-refractivity contribution is 0.309. The van der Waals surface area contributed by atoms with Gasteiger partial charge in [-0.3, -0.25) is 0 Å². The van der Waals surface area contributed by atoms with Gasteiger partial charge in [0.15, 0.2) is 0 Å². The summed E-state index contributed by atoms with van der Waals surface area (Å²) in [5, 5.41) is 3.29. The number of anilines is 1. The molecule has 0 saturated heterocycles. The molecule has 0 radical (unpaired) electrons. The quantitative estimate of drug-likeness (QED) is 0.782. The smallest absolute Gasteiger partial charge is 0.129 e. The number of hydrogen-bond donors (Lipinski definition) is 1. The number of ether oxygens (including phenoxy) is 1. The number of unbranched alkanes of at least 4 members (excludes halogenated alkanes) is 1. The van der Waals surface area contributed by atoms with Gasteiger partial charge in [-0.15, -0.1) is 0 Å². The van der Waals surface area contributed by atoms with Crippen LogP contribution in [0.2, 0.25) is 0 Å². The second-order valence-corrected chi connectivity index (χ2v) is 4.75. The maximum atomic E-state index is 5.70. The van der Waals surface area contributed by atoms with Gasteiger partial charge in [0.2, 0.25) is 0 Å². The number of aromatic nitrogens is 2. The number of rotatable bonds is 7. The monoisotopic (exact) mass is 271 g/mol. The van der Waals surface area contributed by atoms with E-state index in [0.717, 1.165) is 43.3 Å². The van der Waals surface area contributed by atoms with Crippen molar-refractivity contribution in [3.8, 4) is 5.75 Å². The molecule has 1 N–H and O–H groups in total. The molecule has 4 heteroatoms. The predicted molar refractivity (Wildman–Crippen MR) is 80.9 cm³/mol. The average molecular weight is 271 g/mol. The van der Waals surface area contributed by atoms with Crippen molar-refractivity contribution < 1.29 is 4.74 Å². The minimum atomic E-state index is 0.724. The summed E-state index contributed by atoms with van der Waals surface area (Å²) in [7, 11) is 0. The van der Waals surface area contributed by atoms with Crippen LogP contribution in [-0.2, 0) is 6.54 Å². The second kappa shape index (κ2) is 7.48. The van der Waals surface area contributed by atoms with Gasteiger partial charge in [-0.1, -0.05) is 25.5 Å². The van der Waals surface area contributed by atoms with Gasteiger partial charge in [0.1, 0.15) is 17.9 Å². The highest BCUT2D eigenvalue weighted by Gasteiger charge is 1.99. The number of benzene rings is 1. The summed E-state index contributed by atoms with van der Waals surface area (Å²) in [6.45, 7) is 5.61. The maximum absolute atomic E-state index is 5.70. The molecular weight excluding hydrogens is 250 g/mol. The van der Waals surface area contributed by atoms with E-state index in [1.165, 1.54) is 5.56 Å². The van der Waals surface area contributed by atoms with Crippen LogP contribution < -0.4 is 10.1 Å². The minimum Gasteiger partial charge on any atom is -0.494 e. The Labute approximate surface area is 120 Å². The topological polar surface area (TPSA) is 47.0 Å². The van der Waals surface area contributed by atoms with E-state index >= 15 is 0 Å². The highest BCUT2D eigenvalue weighted by atomic mass is 16.5. The summed E-state index contributed by atoms with van der Waals surface area (Å²) in [6.07, 6.45) is 3.80. The molecule has 0 aliphatic rings. The lowest BCUT2D eigenvalue weighted by atomic mass is 10.2. The van der Waals surface area contributed by atoms with Crippen LogP contribution in [0.15, 0.2) is 36.7 Å². The van der Waals surface area contributed by atoms with Gasteiger partial charge in [-0.2, -0.15) is 0 Å². The van der Waals surface area contributed by atoms with Crippen molar-refractivity contribution in [2.45, 2.75) is 33.2 Å². The lowest BCUT2D eigenvalue weighted by Crippen LogP contribution is -2.03. The third-order valence-corrected chi connectivity index (χ3v) is 2.94. The Balaban J connectivity index is 1.91. The fourth-order valence-corrected chi connectivity index (χ4v) is 1.82. The van der Waals surface area contributed by atoms with E-state index in [4.69, 9.17) is 4.74 Å². The third-order valence-electron chi connectivity index (χ3n) is 2.94. The van der Waals surface area contributed by atoms with Crippen molar-refractivity contribution in [3.05, 3.63) is 47.9 Å². The summed E-state index contributed by atoms with van der Waals surface area (Å²) in [5.74, 6) is 1.77. The molecule has 0 spiro atoms. The summed E-state index contributed by atoms with van der Waals surface area (Å²) >= 11 is 0. The van der Waals surface area contributed by atoms with Crippen LogP contribution >= 0.6 is 0 Å². The minimum absolute atomic E-state index is 0.724. The van der Waals surface area contributed by atoms with E-state index < -0.39 is 0 Å². The summed E-state index contributed by atoms with van der Waals surface area (Å²) in [5.41, 5.74) is 2.13. The molecule has 0 aliphatic carbocycles. The second-order valence-electron chi connectivity index (χ2n) is 4.75. The molecule has 0 aliphatic heterocycles. The van der Waals surface area contributed by atoms with Gasteiger partial charge in [-0.25, -0.2) is 9.97 Å². The number of hydrogen-bond acceptors (Lipinski definition) is 4. The summed E-state index contributed by atoms with van der Waals surface area (Å²) < 4.78 is 5.70. The van der Waals surface area contributed by atoms with Crippen molar-refractivity contribution in [1.82, 2.24) is 9.97 Å². The molecule has 106 valence electrons. The molecule has 0 unspecified atom stereocenters. The van der Waals surface area contributed by atoms with E-state index in [1.807, 2.05) is 25.1 Å². The van der Waals surface area contributed by atoms with Crippen LogP contribution in [0.25, 0.3) is 0 Å². The molecule has 0 saturated carbocycles. The first-order chi connectivity index (χ1) is 9.78. The van der Waals surface area contributed by atoms with Gasteiger partial charge in [0.05, 0.1) is 6.61 Å². The van der Waals surface area contributed by atoms with Crippen molar-refractivity contribution in [2.75, 3.05) is 11.9 Å². The van der Waals surface area contributed by atoms with Gasteiger partial charge in [0, 0.05) is 18.3 Å². The van der Waals surface area contributed by atoms with Crippen LogP contribution in [0.4, 0.5) is 5.82 Å². The van der Waals surface area contributed by atoms with Crippen LogP contribution in [0.1, 0.15) is 31.0 Å². The summed E-state index contributed by atoms with van der Waals surface area (Å²) in [4.78, 5) is 8.26. The zero-order chi connectivity index (χ0) is 14.2. The van der Waals surface area contributed by atoms with Gasteiger partial charge >= 0.3 is 0 Å².